The molecule has 22 heavy (non-hydrogen) atoms. The first kappa shape index (κ1) is 14.0. The Balaban J connectivity index is 1.54. The molecule has 0 bridgehead atoms. The van der Waals surface area contributed by atoms with E-state index < -0.39 is 5.97 Å². The molecule has 0 amide bonds. The van der Waals surface area contributed by atoms with E-state index in [9.17, 15) is 4.79 Å². The minimum atomic E-state index is -0.399. The molecule has 2 aromatic carbocycles. The molecule has 1 aromatic heterocycles. The number of hydrogen-bond acceptors (Lipinski definition) is 5. The number of fused-ring (bicyclic) bond motifs is 1. The van der Waals surface area contributed by atoms with Crippen molar-refractivity contribution in [2.75, 3.05) is 13.2 Å². The molecule has 0 aliphatic rings. The summed E-state index contributed by atoms with van der Waals surface area (Å²) < 4.78 is 10.6. The van der Waals surface area contributed by atoms with Crippen LogP contribution in [0.4, 0.5) is 0 Å². The van der Waals surface area contributed by atoms with Crippen LogP contribution in [0.5, 0.6) is 5.75 Å². The van der Waals surface area contributed by atoms with Gasteiger partial charge in [-0.2, -0.15) is 0 Å². The van der Waals surface area contributed by atoms with E-state index in [1.165, 1.54) is 0 Å². The molecule has 110 valence electrons. The molecule has 3 rings (SSSR count). The molecule has 3 aromatic rings. The van der Waals surface area contributed by atoms with Gasteiger partial charge in [-0.25, -0.2) is 4.79 Å². The third kappa shape index (κ3) is 3.38. The molecule has 0 aliphatic carbocycles. The van der Waals surface area contributed by atoms with E-state index in [0.717, 1.165) is 11.3 Å². The van der Waals surface area contributed by atoms with Crippen LogP contribution in [0, 0.1) is 0 Å². The number of hydrogen-bond donors (Lipinski definition) is 0. The lowest BCUT2D eigenvalue weighted by Crippen LogP contribution is -2.12. The molecular formula is C17H14N2O3. The maximum Gasteiger partial charge on any atom is 0.338 e. The third-order valence-corrected chi connectivity index (χ3v) is 3.03. The summed E-state index contributed by atoms with van der Waals surface area (Å²) >= 11 is 0. The van der Waals surface area contributed by atoms with Gasteiger partial charge in [0.25, 0.3) is 0 Å². The van der Waals surface area contributed by atoms with Crippen molar-refractivity contribution in [2.24, 2.45) is 0 Å². The van der Waals surface area contributed by atoms with Crippen LogP contribution in [-0.2, 0) is 4.74 Å². The second-order valence-electron chi connectivity index (χ2n) is 4.56. The van der Waals surface area contributed by atoms with Gasteiger partial charge >= 0.3 is 5.97 Å². The summed E-state index contributed by atoms with van der Waals surface area (Å²) in [5.41, 5.74) is 1.86. The van der Waals surface area contributed by atoms with E-state index in [0.29, 0.717) is 17.7 Å². The topological polar surface area (TPSA) is 61.3 Å². The van der Waals surface area contributed by atoms with E-state index in [1.54, 1.807) is 30.6 Å². The van der Waals surface area contributed by atoms with Crippen LogP contribution >= 0.6 is 0 Å². The van der Waals surface area contributed by atoms with Crippen molar-refractivity contribution in [1.82, 2.24) is 9.97 Å². The Kier molecular flexibility index (Phi) is 4.25. The van der Waals surface area contributed by atoms with Crippen LogP contribution in [0.3, 0.4) is 0 Å². The Bertz CT molecular complexity index is 775. The van der Waals surface area contributed by atoms with Crippen LogP contribution < -0.4 is 4.74 Å². The molecule has 0 N–H and O–H groups in total. The molecule has 0 fully saturated rings. The normalized spacial score (nSPS) is 10.4. The zero-order valence-electron chi connectivity index (χ0n) is 11.8. The number of ether oxygens (including phenoxy) is 2. The fraction of sp³-hybridized carbons (Fsp3) is 0.118. The van der Waals surface area contributed by atoms with Gasteiger partial charge in [0.1, 0.15) is 19.0 Å². The summed E-state index contributed by atoms with van der Waals surface area (Å²) in [6, 6.07) is 14.5. The zero-order chi connectivity index (χ0) is 15.2. The first-order valence-corrected chi connectivity index (χ1v) is 6.89. The molecule has 1 heterocycles. The molecular weight excluding hydrogens is 280 g/mol. The Hall–Kier alpha value is -2.95. The summed E-state index contributed by atoms with van der Waals surface area (Å²) in [5, 5.41) is 0. The van der Waals surface area contributed by atoms with Gasteiger partial charge in [0.15, 0.2) is 0 Å². The highest BCUT2D eigenvalue weighted by atomic mass is 16.6. The molecule has 0 aliphatic heterocycles. The summed E-state index contributed by atoms with van der Waals surface area (Å²) in [6.07, 6.45) is 3.20. The first-order chi connectivity index (χ1) is 10.8. The largest absolute Gasteiger partial charge is 0.490 e. The monoisotopic (exact) mass is 294 g/mol. The van der Waals surface area contributed by atoms with Crippen molar-refractivity contribution >= 4 is 17.0 Å². The Morgan fingerprint density at radius 1 is 0.909 bits per heavy atom. The fourth-order valence-corrected chi connectivity index (χ4v) is 1.98. The van der Waals surface area contributed by atoms with Crippen molar-refractivity contribution in [3.05, 3.63) is 66.5 Å². The number of carbonyl (C=O) groups is 1. The van der Waals surface area contributed by atoms with Crippen molar-refractivity contribution in [3.8, 4) is 5.75 Å². The quantitative estimate of drug-likeness (QED) is 0.535. The van der Waals surface area contributed by atoms with E-state index in [4.69, 9.17) is 9.47 Å². The van der Waals surface area contributed by atoms with Crippen LogP contribution in [0.1, 0.15) is 10.4 Å². The van der Waals surface area contributed by atoms with Gasteiger partial charge in [0.05, 0.1) is 16.6 Å². The van der Waals surface area contributed by atoms with Crippen LogP contribution in [0.2, 0.25) is 0 Å². The van der Waals surface area contributed by atoms with Gasteiger partial charge in [-0.15, -0.1) is 0 Å². The minimum Gasteiger partial charge on any atom is -0.490 e. The maximum absolute atomic E-state index is 12.0. The Labute approximate surface area is 127 Å². The van der Waals surface area contributed by atoms with Gasteiger partial charge in [-0.1, -0.05) is 18.2 Å². The van der Waals surface area contributed by atoms with E-state index >= 15 is 0 Å². The molecule has 5 nitrogen and oxygen atoms in total. The molecule has 0 spiro atoms. The Morgan fingerprint density at radius 2 is 1.68 bits per heavy atom. The van der Waals surface area contributed by atoms with Crippen molar-refractivity contribution in [3.63, 3.8) is 0 Å². The predicted octanol–water partition coefficient (Wildman–Crippen LogP) is 2.87. The smallest absolute Gasteiger partial charge is 0.338 e. The zero-order valence-corrected chi connectivity index (χ0v) is 11.8. The second-order valence-corrected chi connectivity index (χ2v) is 4.56. The van der Waals surface area contributed by atoms with Gasteiger partial charge in [-0.05, 0) is 30.3 Å². The highest BCUT2D eigenvalue weighted by Crippen LogP contribution is 2.12. The number of carbonyl (C=O) groups excluding carboxylic acids is 1. The van der Waals surface area contributed by atoms with Crippen molar-refractivity contribution in [2.45, 2.75) is 0 Å². The SMILES string of the molecule is O=C(OCCOc1ccccc1)c1ccc2nccnc2c1. The number of nitrogens with zero attached hydrogens (tertiary/aromatic N) is 2. The van der Waals surface area contributed by atoms with Crippen LogP contribution in [0.15, 0.2) is 60.9 Å². The summed E-state index contributed by atoms with van der Waals surface area (Å²) in [7, 11) is 0. The van der Waals surface area contributed by atoms with E-state index in [-0.39, 0.29) is 6.61 Å². The first-order valence-electron chi connectivity index (χ1n) is 6.89. The van der Waals surface area contributed by atoms with E-state index in [1.807, 2.05) is 30.3 Å². The number of esters is 1. The highest BCUT2D eigenvalue weighted by Gasteiger charge is 2.08. The van der Waals surface area contributed by atoms with Gasteiger partial charge in [0.2, 0.25) is 0 Å². The predicted molar refractivity (Wildman–Crippen MR) is 81.8 cm³/mol. The molecule has 0 saturated heterocycles. The maximum atomic E-state index is 12.0. The highest BCUT2D eigenvalue weighted by molar-refractivity contribution is 5.93. The average Bonchev–Trinajstić information content (AvgIpc) is 2.59. The number of para-hydroxylation sites is 1. The lowest BCUT2D eigenvalue weighted by atomic mass is 10.2. The molecule has 0 saturated carbocycles. The number of rotatable bonds is 5. The van der Waals surface area contributed by atoms with Gasteiger partial charge < -0.3 is 9.47 Å². The Morgan fingerprint density at radius 3 is 2.50 bits per heavy atom. The summed E-state index contributed by atoms with van der Waals surface area (Å²) in [5.74, 6) is 0.351. The van der Waals surface area contributed by atoms with Gasteiger partial charge in [-0.3, -0.25) is 9.97 Å². The summed E-state index contributed by atoms with van der Waals surface area (Å²) in [6.45, 7) is 0.495. The molecule has 0 radical (unpaired) electrons. The lowest BCUT2D eigenvalue weighted by molar-refractivity contribution is 0.0450. The van der Waals surface area contributed by atoms with Crippen LogP contribution in [-0.4, -0.2) is 29.2 Å². The third-order valence-electron chi connectivity index (χ3n) is 3.03. The van der Waals surface area contributed by atoms with Crippen molar-refractivity contribution < 1.29 is 14.3 Å². The minimum absolute atomic E-state index is 0.187. The number of aromatic nitrogens is 2. The fourth-order valence-electron chi connectivity index (χ4n) is 1.98. The summed E-state index contributed by atoms with van der Waals surface area (Å²) in [4.78, 5) is 20.3. The molecule has 0 unspecified atom stereocenters. The molecule has 0 atom stereocenters. The number of benzene rings is 2. The molecule has 5 heteroatoms. The lowest BCUT2D eigenvalue weighted by Gasteiger charge is -2.07. The average molecular weight is 294 g/mol. The standard InChI is InChI=1S/C17H14N2O3/c20-17(22-11-10-21-14-4-2-1-3-5-14)13-6-7-15-16(12-13)19-9-8-18-15/h1-9,12H,10-11H2. The van der Waals surface area contributed by atoms with Crippen LogP contribution in [0.25, 0.3) is 11.0 Å². The van der Waals surface area contributed by atoms with Crippen molar-refractivity contribution in [1.29, 1.82) is 0 Å². The van der Waals surface area contributed by atoms with E-state index in [2.05, 4.69) is 9.97 Å². The van der Waals surface area contributed by atoms with Gasteiger partial charge in [0, 0.05) is 12.4 Å². The second kappa shape index (κ2) is 6.67.